The lowest BCUT2D eigenvalue weighted by Gasteiger charge is -2.09. The van der Waals surface area contributed by atoms with Crippen molar-refractivity contribution < 1.29 is 9.53 Å². The molecule has 0 heterocycles. The summed E-state index contributed by atoms with van der Waals surface area (Å²) in [6, 6.07) is 5.17. The summed E-state index contributed by atoms with van der Waals surface area (Å²) in [6.45, 7) is 4.60. The highest BCUT2D eigenvalue weighted by atomic mass is 35.5. The first-order valence-electron chi connectivity index (χ1n) is 6.14. The van der Waals surface area contributed by atoms with Crippen LogP contribution in [-0.2, 0) is 4.74 Å². The third-order valence-corrected chi connectivity index (χ3v) is 2.91. The van der Waals surface area contributed by atoms with Gasteiger partial charge in [0.1, 0.15) is 0 Å². The van der Waals surface area contributed by atoms with Crippen LogP contribution < -0.4 is 16.0 Å². The lowest BCUT2D eigenvalue weighted by molar-refractivity contribution is 0.199. The maximum absolute atomic E-state index is 11.6. The number of halogens is 1. The van der Waals surface area contributed by atoms with Gasteiger partial charge in [0.25, 0.3) is 0 Å². The van der Waals surface area contributed by atoms with Crippen LogP contribution in [0.3, 0.4) is 0 Å². The Morgan fingerprint density at radius 3 is 2.79 bits per heavy atom. The predicted octanol–water partition coefficient (Wildman–Crippen LogP) is 2.01. The molecule has 3 N–H and O–H groups in total. The van der Waals surface area contributed by atoms with Gasteiger partial charge in [-0.2, -0.15) is 0 Å². The number of benzene rings is 1. The highest BCUT2D eigenvalue weighted by Gasteiger charge is 2.02. The van der Waals surface area contributed by atoms with E-state index in [1.807, 2.05) is 19.1 Å². The molecule has 5 nitrogen and oxygen atoms in total. The molecule has 0 aromatic heterocycles. The van der Waals surface area contributed by atoms with Crippen LogP contribution in [0.25, 0.3) is 0 Å². The Morgan fingerprint density at radius 1 is 1.32 bits per heavy atom. The van der Waals surface area contributed by atoms with E-state index >= 15 is 0 Å². The van der Waals surface area contributed by atoms with E-state index in [0.29, 0.717) is 30.4 Å². The summed E-state index contributed by atoms with van der Waals surface area (Å²) in [7, 11) is 1.65. The first kappa shape index (κ1) is 15.8. The van der Waals surface area contributed by atoms with Gasteiger partial charge >= 0.3 is 6.03 Å². The molecule has 1 aromatic carbocycles. The molecular formula is C13H20ClN3O2. The SMILES string of the molecule is COCCNCCNC(=O)Nc1ccc(C)c(Cl)c1. The summed E-state index contributed by atoms with van der Waals surface area (Å²) in [5.41, 5.74) is 1.66. The number of rotatable bonds is 7. The number of anilines is 1. The molecule has 0 bridgehead atoms. The van der Waals surface area contributed by atoms with E-state index in [0.717, 1.165) is 12.1 Å². The summed E-state index contributed by atoms with van der Waals surface area (Å²) >= 11 is 5.98. The van der Waals surface area contributed by atoms with Gasteiger partial charge in [-0.05, 0) is 24.6 Å². The number of amides is 2. The fourth-order valence-corrected chi connectivity index (χ4v) is 1.59. The molecule has 0 aliphatic heterocycles. The van der Waals surface area contributed by atoms with Gasteiger partial charge in [0, 0.05) is 37.5 Å². The molecule has 2 amide bonds. The number of nitrogens with one attached hydrogen (secondary N) is 3. The Morgan fingerprint density at radius 2 is 2.11 bits per heavy atom. The molecule has 0 spiro atoms. The zero-order chi connectivity index (χ0) is 14.1. The van der Waals surface area contributed by atoms with E-state index in [9.17, 15) is 4.79 Å². The van der Waals surface area contributed by atoms with Crippen molar-refractivity contribution in [3.05, 3.63) is 28.8 Å². The van der Waals surface area contributed by atoms with E-state index in [2.05, 4.69) is 16.0 Å². The van der Waals surface area contributed by atoms with Crippen molar-refractivity contribution in [1.82, 2.24) is 10.6 Å². The number of carbonyl (C=O) groups excluding carboxylic acids is 1. The predicted molar refractivity (Wildman–Crippen MR) is 78.0 cm³/mol. The molecular weight excluding hydrogens is 266 g/mol. The van der Waals surface area contributed by atoms with Crippen molar-refractivity contribution in [2.24, 2.45) is 0 Å². The maximum Gasteiger partial charge on any atom is 0.319 e. The average Bonchev–Trinajstić information content (AvgIpc) is 2.38. The van der Waals surface area contributed by atoms with Crippen LogP contribution >= 0.6 is 11.6 Å². The molecule has 0 aliphatic rings. The molecule has 1 rings (SSSR count). The molecule has 0 atom stereocenters. The van der Waals surface area contributed by atoms with E-state index in [4.69, 9.17) is 16.3 Å². The van der Waals surface area contributed by atoms with Crippen LogP contribution in [0.1, 0.15) is 5.56 Å². The zero-order valence-electron chi connectivity index (χ0n) is 11.3. The van der Waals surface area contributed by atoms with Crippen LogP contribution in [0, 0.1) is 6.92 Å². The molecule has 6 heteroatoms. The minimum atomic E-state index is -0.242. The van der Waals surface area contributed by atoms with Gasteiger partial charge in [-0.25, -0.2) is 4.79 Å². The normalized spacial score (nSPS) is 10.3. The fraction of sp³-hybridized carbons (Fsp3) is 0.462. The van der Waals surface area contributed by atoms with Gasteiger partial charge in [-0.3, -0.25) is 0 Å². The second kappa shape index (κ2) is 8.74. The van der Waals surface area contributed by atoms with Gasteiger partial charge in [-0.15, -0.1) is 0 Å². The van der Waals surface area contributed by atoms with Crippen LogP contribution in [-0.4, -0.2) is 39.4 Å². The molecule has 0 aliphatic carbocycles. The van der Waals surface area contributed by atoms with Crippen LogP contribution in [0.5, 0.6) is 0 Å². The Balaban J connectivity index is 2.21. The number of methoxy groups -OCH3 is 1. The van der Waals surface area contributed by atoms with E-state index in [1.165, 1.54) is 0 Å². The minimum absolute atomic E-state index is 0.242. The van der Waals surface area contributed by atoms with Crippen molar-refractivity contribution in [1.29, 1.82) is 0 Å². The van der Waals surface area contributed by atoms with Crippen LogP contribution in [0.4, 0.5) is 10.5 Å². The van der Waals surface area contributed by atoms with Gasteiger partial charge < -0.3 is 20.7 Å². The summed E-state index contributed by atoms with van der Waals surface area (Å²) in [5.74, 6) is 0. The zero-order valence-corrected chi connectivity index (χ0v) is 12.0. The number of urea groups is 1. The maximum atomic E-state index is 11.6. The molecule has 0 radical (unpaired) electrons. The van der Waals surface area contributed by atoms with Crippen molar-refractivity contribution in [2.75, 3.05) is 38.7 Å². The third-order valence-electron chi connectivity index (χ3n) is 2.50. The Bertz CT molecular complexity index is 413. The highest BCUT2D eigenvalue weighted by Crippen LogP contribution is 2.19. The molecule has 19 heavy (non-hydrogen) atoms. The lowest BCUT2D eigenvalue weighted by atomic mass is 10.2. The number of hydrogen-bond donors (Lipinski definition) is 3. The average molecular weight is 286 g/mol. The summed E-state index contributed by atoms with van der Waals surface area (Å²) < 4.78 is 4.89. The first-order valence-corrected chi connectivity index (χ1v) is 6.52. The molecule has 0 saturated carbocycles. The smallest absolute Gasteiger partial charge is 0.319 e. The minimum Gasteiger partial charge on any atom is -0.383 e. The summed E-state index contributed by atoms with van der Waals surface area (Å²) in [5, 5.41) is 9.24. The van der Waals surface area contributed by atoms with E-state index < -0.39 is 0 Å². The van der Waals surface area contributed by atoms with Crippen molar-refractivity contribution in [3.63, 3.8) is 0 Å². The van der Waals surface area contributed by atoms with Crippen molar-refractivity contribution in [3.8, 4) is 0 Å². The van der Waals surface area contributed by atoms with E-state index in [1.54, 1.807) is 13.2 Å². The number of hydrogen-bond acceptors (Lipinski definition) is 3. The molecule has 106 valence electrons. The standard InChI is InChI=1S/C13H20ClN3O2/c1-10-3-4-11(9-12(10)14)17-13(18)16-6-5-15-7-8-19-2/h3-4,9,15H,5-8H2,1-2H3,(H2,16,17,18). The molecule has 0 unspecified atom stereocenters. The van der Waals surface area contributed by atoms with Crippen LogP contribution in [0.15, 0.2) is 18.2 Å². The number of ether oxygens (including phenoxy) is 1. The third kappa shape index (κ3) is 6.42. The van der Waals surface area contributed by atoms with Crippen molar-refractivity contribution >= 4 is 23.3 Å². The van der Waals surface area contributed by atoms with Gasteiger partial charge in [0.15, 0.2) is 0 Å². The Kier molecular flexibility index (Phi) is 7.25. The number of carbonyl (C=O) groups is 1. The summed E-state index contributed by atoms with van der Waals surface area (Å²) in [4.78, 5) is 11.6. The molecule has 0 saturated heterocycles. The van der Waals surface area contributed by atoms with Gasteiger partial charge in [0.05, 0.1) is 6.61 Å². The lowest BCUT2D eigenvalue weighted by Crippen LogP contribution is -2.35. The van der Waals surface area contributed by atoms with Gasteiger partial charge in [0.2, 0.25) is 0 Å². The van der Waals surface area contributed by atoms with Crippen molar-refractivity contribution in [2.45, 2.75) is 6.92 Å². The quantitative estimate of drug-likeness (QED) is 0.672. The largest absolute Gasteiger partial charge is 0.383 e. The van der Waals surface area contributed by atoms with Gasteiger partial charge in [-0.1, -0.05) is 17.7 Å². The fourth-order valence-electron chi connectivity index (χ4n) is 1.41. The topological polar surface area (TPSA) is 62.4 Å². The highest BCUT2D eigenvalue weighted by molar-refractivity contribution is 6.31. The second-order valence-corrected chi connectivity index (χ2v) is 4.49. The van der Waals surface area contributed by atoms with Crippen LogP contribution in [0.2, 0.25) is 5.02 Å². The molecule has 1 aromatic rings. The Hall–Kier alpha value is -1.30. The molecule has 0 fully saturated rings. The summed E-state index contributed by atoms with van der Waals surface area (Å²) in [6.07, 6.45) is 0. The Labute approximate surface area is 118 Å². The number of aryl methyl sites for hydroxylation is 1. The second-order valence-electron chi connectivity index (χ2n) is 4.09. The first-order chi connectivity index (χ1) is 9.13. The van der Waals surface area contributed by atoms with E-state index in [-0.39, 0.29) is 6.03 Å². The monoisotopic (exact) mass is 285 g/mol.